The third-order valence-corrected chi connectivity index (χ3v) is 15.9. The van der Waals surface area contributed by atoms with Crippen LogP contribution in [0.1, 0.15) is 45.4 Å². The maximum Gasteiger partial charge on any atom is 0.0794 e. The van der Waals surface area contributed by atoms with Crippen LogP contribution in [0.3, 0.4) is 0 Å². The fraction of sp³-hybridized carbons (Fsp3) is 0.0500. The van der Waals surface area contributed by atoms with Gasteiger partial charge >= 0.3 is 0 Å². The Kier molecular flexibility index (Phi) is 6.41. The molecule has 0 fully saturated rings. The molecule has 0 aliphatic heterocycles. The van der Waals surface area contributed by atoms with E-state index in [9.17, 15) is 0 Å². The topological polar surface area (TPSA) is 12.9 Å². The Balaban J connectivity index is 0.987. The number of allylic oxidation sites excluding steroid dienone is 3. The van der Waals surface area contributed by atoms with Crippen molar-refractivity contribution in [2.45, 2.75) is 18.3 Å². The number of rotatable bonds is 2. The molecule has 9 aromatic carbocycles. The second-order valence-corrected chi connectivity index (χ2v) is 18.6. The minimum atomic E-state index is -0.382. The molecule has 0 saturated carbocycles. The summed E-state index contributed by atoms with van der Waals surface area (Å²) in [5.41, 5.74) is 21.9. The van der Waals surface area contributed by atoms with E-state index in [2.05, 4.69) is 188 Å². The van der Waals surface area contributed by atoms with Crippen LogP contribution < -0.4 is 0 Å². The normalized spacial score (nSPS) is 14.8. The second-order valence-electron chi connectivity index (χ2n) is 17.5. The SMILES string of the molecule is C1=Cc2ccc3c(-c4nc5ccccc5c5c4ccc4c5sc5cccc(-c6ccc7c(c6)C6(c8ccccc8-c8ccccc86)c6ccccc6-7)c54)ccc4c3c2C(=CC4)C1. The van der Waals surface area contributed by atoms with Crippen LogP contribution in [0.5, 0.6) is 0 Å². The predicted octanol–water partition coefficient (Wildman–Crippen LogP) is 15.9. The molecule has 15 rings (SSSR count). The van der Waals surface area contributed by atoms with Crippen molar-refractivity contribution in [2.75, 3.05) is 0 Å². The number of nitrogens with zero attached hydrogens (tertiary/aromatic N) is 1. The van der Waals surface area contributed by atoms with Crippen molar-refractivity contribution in [3.05, 3.63) is 221 Å². The van der Waals surface area contributed by atoms with Gasteiger partial charge in [-0.15, -0.1) is 11.3 Å². The lowest BCUT2D eigenvalue weighted by atomic mass is 9.70. The van der Waals surface area contributed by atoms with E-state index in [1.54, 1.807) is 0 Å². The smallest absolute Gasteiger partial charge is 0.0794 e. The highest BCUT2D eigenvalue weighted by Gasteiger charge is 2.51. The maximum atomic E-state index is 5.52. The van der Waals surface area contributed by atoms with E-state index in [1.807, 2.05) is 11.3 Å². The first kappa shape index (κ1) is 33.3. The lowest BCUT2D eigenvalue weighted by molar-refractivity contribution is 0.794. The molecule has 0 bridgehead atoms. The summed E-state index contributed by atoms with van der Waals surface area (Å²) < 4.78 is 2.63. The third-order valence-electron chi connectivity index (χ3n) is 14.7. The zero-order valence-corrected chi connectivity index (χ0v) is 34.5. The van der Waals surface area contributed by atoms with Gasteiger partial charge in [-0.05, 0) is 120 Å². The molecule has 4 aliphatic rings. The van der Waals surface area contributed by atoms with E-state index >= 15 is 0 Å². The van der Waals surface area contributed by atoms with E-state index in [4.69, 9.17) is 4.98 Å². The van der Waals surface area contributed by atoms with E-state index in [-0.39, 0.29) is 5.41 Å². The fourth-order valence-corrected chi connectivity index (χ4v) is 13.5. The van der Waals surface area contributed by atoms with Gasteiger partial charge in [0.2, 0.25) is 0 Å². The Bertz CT molecular complexity index is 3870. The van der Waals surface area contributed by atoms with E-state index < -0.39 is 0 Å². The molecule has 2 heterocycles. The monoisotopic (exact) mass is 801 g/mol. The molecule has 11 aromatic rings. The zero-order chi connectivity index (χ0) is 40.3. The summed E-state index contributed by atoms with van der Waals surface area (Å²) in [6.45, 7) is 0. The number of thiophene rings is 1. The van der Waals surface area contributed by atoms with Gasteiger partial charge in [0.05, 0.1) is 16.6 Å². The summed E-state index contributed by atoms with van der Waals surface area (Å²) in [5.74, 6) is 0. The second kappa shape index (κ2) is 11.9. The number of hydrogen-bond donors (Lipinski definition) is 0. The van der Waals surface area contributed by atoms with Crippen molar-refractivity contribution in [1.82, 2.24) is 4.98 Å². The highest BCUT2D eigenvalue weighted by molar-refractivity contribution is 7.27. The Morgan fingerprint density at radius 3 is 1.95 bits per heavy atom. The fourth-order valence-electron chi connectivity index (χ4n) is 12.3. The molecule has 0 unspecified atom stereocenters. The van der Waals surface area contributed by atoms with Crippen LogP contribution >= 0.6 is 11.3 Å². The molecule has 1 nitrogen and oxygen atoms in total. The van der Waals surface area contributed by atoms with E-state index in [0.717, 1.165) is 24.1 Å². The average molecular weight is 802 g/mol. The maximum absolute atomic E-state index is 5.52. The Morgan fingerprint density at radius 2 is 1.15 bits per heavy atom. The summed E-state index contributed by atoms with van der Waals surface area (Å²) in [6, 6.07) is 64.4. The molecule has 4 aliphatic carbocycles. The first-order chi connectivity index (χ1) is 30.8. The molecule has 0 N–H and O–H groups in total. The largest absolute Gasteiger partial charge is 0.247 e. The molecular formula is C60H35NS. The summed E-state index contributed by atoms with van der Waals surface area (Å²) in [7, 11) is 0. The zero-order valence-electron chi connectivity index (χ0n) is 33.7. The van der Waals surface area contributed by atoms with Crippen LogP contribution in [0.15, 0.2) is 182 Å². The number of hydrogen-bond acceptors (Lipinski definition) is 2. The molecule has 0 radical (unpaired) electrons. The Hall–Kier alpha value is -7.39. The van der Waals surface area contributed by atoms with Crippen LogP contribution in [0.4, 0.5) is 0 Å². The molecule has 0 amide bonds. The summed E-state index contributed by atoms with van der Waals surface area (Å²) >= 11 is 1.93. The van der Waals surface area contributed by atoms with Gasteiger partial charge in [-0.3, -0.25) is 0 Å². The minimum absolute atomic E-state index is 0.382. The molecule has 0 atom stereocenters. The highest BCUT2D eigenvalue weighted by Crippen LogP contribution is 2.63. The van der Waals surface area contributed by atoms with E-state index in [1.165, 1.54) is 131 Å². The van der Waals surface area contributed by atoms with Crippen molar-refractivity contribution in [2.24, 2.45) is 0 Å². The van der Waals surface area contributed by atoms with Crippen molar-refractivity contribution in [1.29, 1.82) is 0 Å². The summed E-state index contributed by atoms with van der Waals surface area (Å²) in [5, 5.41) is 9.04. The van der Waals surface area contributed by atoms with Gasteiger partial charge in [0.15, 0.2) is 0 Å². The van der Waals surface area contributed by atoms with Gasteiger partial charge < -0.3 is 0 Å². The number of fused-ring (bicyclic) bond motifs is 17. The molecular weight excluding hydrogens is 767 g/mol. The first-order valence-corrected chi connectivity index (χ1v) is 22.6. The van der Waals surface area contributed by atoms with Gasteiger partial charge in [0.1, 0.15) is 0 Å². The molecule has 2 heteroatoms. The summed E-state index contributed by atoms with van der Waals surface area (Å²) in [4.78, 5) is 5.52. The molecule has 0 saturated heterocycles. The molecule has 62 heavy (non-hydrogen) atoms. The van der Waals surface area contributed by atoms with Gasteiger partial charge in [-0.1, -0.05) is 170 Å². The van der Waals surface area contributed by atoms with Crippen LogP contribution in [0, 0.1) is 0 Å². The quantitative estimate of drug-likeness (QED) is 0.159. The average Bonchev–Trinajstić information content (AvgIpc) is 3.97. The van der Waals surface area contributed by atoms with Crippen LogP contribution in [-0.4, -0.2) is 4.98 Å². The van der Waals surface area contributed by atoms with Gasteiger partial charge in [0.25, 0.3) is 0 Å². The molecule has 1 spiro atoms. The van der Waals surface area contributed by atoms with Crippen LogP contribution in [-0.2, 0) is 11.8 Å². The lowest BCUT2D eigenvalue weighted by Gasteiger charge is -2.30. The van der Waals surface area contributed by atoms with Crippen molar-refractivity contribution in [3.63, 3.8) is 0 Å². The predicted molar refractivity (Wildman–Crippen MR) is 262 cm³/mol. The van der Waals surface area contributed by atoms with E-state index in [0.29, 0.717) is 0 Å². The van der Waals surface area contributed by atoms with Crippen LogP contribution in [0.2, 0.25) is 0 Å². The van der Waals surface area contributed by atoms with Crippen LogP contribution in [0.25, 0.3) is 109 Å². The first-order valence-electron chi connectivity index (χ1n) is 21.8. The number of aromatic nitrogens is 1. The third kappa shape index (κ3) is 4.07. The van der Waals surface area contributed by atoms with Crippen molar-refractivity contribution >= 4 is 75.6 Å². The summed E-state index contributed by atoms with van der Waals surface area (Å²) in [6.07, 6.45) is 9.03. The molecule has 2 aromatic heterocycles. The van der Waals surface area contributed by atoms with Crippen molar-refractivity contribution < 1.29 is 0 Å². The minimum Gasteiger partial charge on any atom is -0.247 e. The standard InChI is InChI=1S/C60H35NS/c1-5-18-48-39(13-1)40-14-2-6-19-49(40)60(48)50-20-7-3-15-41(50)42-28-27-37(33-51(42)60)38-17-10-22-53-56(38)47-32-31-46-57(59(47)62-53)45-16-4-8-21-52(45)61-58(46)44-30-26-36-24-23-34-11-9-12-35-25-29-43(44)55(36)54(34)35/h1-10,12-23,25-33H,11,24H2. The Morgan fingerprint density at radius 1 is 0.468 bits per heavy atom. The number of benzene rings is 9. The van der Waals surface area contributed by atoms with Crippen molar-refractivity contribution in [3.8, 4) is 44.6 Å². The van der Waals surface area contributed by atoms with Gasteiger partial charge in [0, 0.05) is 41.9 Å². The Labute approximate surface area is 362 Å². The number of pyridine rings is 1. The number of para-hydroxylation sites is 1. The highest BCUT2D eigenvalue weighted by atomic mass is 32.1. The lowest BCUT2D eigenvalue weighted by Crippen LogP contribution is -2.25. The van der Waals surface area contributed by atoms with Gasteiger partial charge in [-0.25, -0.2) is 4.98 Å². The molecule has 286 valence electrons. The van der Waals surface area contributed by atoms with Gasteiger partial charge in [-0.2, -0.15) is 0 Å².